The zero-order chi connectivity index (χ0) is 17.4. The highest BCUT2D eigenvalue weighted by Crippen LogP contribution is 2.40. The molecule has 0 aliphatic carbocycles. The van der Waals surface area contributed by atoms with Gasteiger partial charge < -0.3 is 15.4 Å². The summed E-state index contributed by atoms with van der Waals surface area (Å²) in [5.41, 5.74) is 6.55. The standard InChI is InChI=1S/C14H19N5O3S2/c1-3-8-16-17-14(18(8)4-2)24-6-7-5-23-12-9(15)11(20)19(12)10(7)13(21)22/h9,12H,3-6,15H2,1-2H3,(H,21,22)/t9?,12-/m0/s1. The van der Waals surface area contributed by atoms with Gasteiger partial charge in [0, 0.05) is 24.5 Å². The van der Waals surface area contributed by atoms with Crippen molar-refractivity contribution in [2.45, 2.75) is 43.4 Å². The Morgan fingerprint density at radius 2 is 2.21 bits per heavy atom. The monoisotopic (exact) mass is 369 g/mol. The largest absolute Gasteiger partial charge is 0.477 e. The first kappa shape index (κ1) is 17.3. The number of nitrogens with zero attached hydrogens (tertiary/aromatic N) is 4. The maximum absolute atomic E-state index is 11.9. The van der Waals surface area contributed by atoms with E-state index in [1.54, 1.807) is 0 Å². The smallest absolute Gasteiger partial charge is 0.352 e. The van der Waals surface area contributed by atoms with E-state index in [9.17, 15) is 14.7 Å². The SMILES string of the molecule is CCc1nnc(SCC2=C(C(=O)O)N3C(=O)C(N)[C@@H]3SC2)n1CC. The van der Waals surface area contributed by atoms with Gasteiger partial charge in [0.1, 0.15) is 22.9 Å². The summed E-state index contributed by atoms with van der Waals surface area (Å²) in [6.07, 6.45) is 0.794. The highest BCUT2D eigenvalue weighted by Gasteiger charge is 2.51. The van der Waals surface area contributed by atoms with Gasteiger partial charge >= 0.3 is 5.97 Å². The summed E-state index contributed by atoms with van der Waals surface area (Å²) < 4.78 is 2.02. The number of carbonyl (C=O) groups excluding carboxylic acids is 1. The summed E-state index contributed by atoms with van der Waals surface area (Å²) in [4.78, 5) is 24.9. The first-order chi connectivity index (χ1) is 11.5. The van der Waals surface area contributed by atoms with Crippen LogP contribution >= 0.6 is 23.5 Å². The summed E-state index contributed by atoms with van der Waals surface area (Å²) >= 11 is 2.96. The second-order valence-corrected chi connectivity index (χ2v) is 7.53. The van der Waals surface area contributed by atoms with Crippen molar-refractivity contribution >= 4 is 35.4 Å². The lowest BCUT2D eigenvalue weighted by Gasteiger charge is -2.48. The van der Waals surface area contributed by atoms with E-state index in [0.29, 0.717) is 11.5 Å². The number of rotatable bonds is 6. The zero-order valence-electron chi connectivity index (χ0n) is 13.4. The minimum Gasteiger partial charge on any atom is -0.477 e. The fourth-order valence-electron chi connectivity index (χ4n) is 2.85. The van der Waals surface area contributed by atoms with Gasteiger partial charge in [0.25, 0.3) is 0 Å². The van der Waals surface area contributed by atoms with Crippen molar-refractivity contribution < 1.29 is 14.7 Å². The Balaban J connectivity index is 1.82. The number of aromatic nitrogens is 3. The van der Waals surface area contributed by atoms with E-state index >= 15 is 0 Å². The van der Waals surface area contributed by atoms with Crippen LogP contribution in [0.5, 0.6) is 0 Å². The molecule has 0 aromatic carbocycles. The van der Waals surface area contributed by atoms with E-state index in [1.165, 1.54) is 28.4 Å². The number of carboxylic acid groups (broad SMARTS) is 1. The molecule has 24 heavy (non-hydrogen) atoms. The molecule has 0 bridgehead atoms. The highest BCUT2D eigenvalue weighted by molar-refractivity contribution is 8.01. The quantitative estimate of drug-likeness (QED) is 0.551. The highest BCUT2D eigenvalue weighted by atomic mass is 32.2. The molecule has 3 heterocycles. The number of fused-ring (bicyclic) bond motifs is 1. The molecule has 1 amide bonds. The van der Waals surface area contributed by atoms with E-state index in [2.05, 4.69) is 10.2 Å². The van der Waals surface area contributed by atoms with Crippen LogP contribution in [0.3, 0.4) is 0 Å². The molecular weight excluding hydrogens is 350 g/mol. The van der Waals surface area contributed by atoms with Gasteiger partial charge in [-0.25, -0.2) is 4.79 Å². The van der Waals surface area contributed by atoms with Crippen LogP contribution in [0.1, 0.15) is 19.7 Å². The number of carbonyl (C=O) groups is 2. The summed E-state index contributed by atoms with van der Waals surface area (Å²) in [5, 5.41) is 18.4. The fraction of sp³-hybridized carbons (Fsp3) is 0.571. The van der Waals surface area contributed by atoms with Crippen molar-refractivity contribution in [1.82, 2.24) is 19.7 Å². The van der Waals surface area contributed by atoms with Crippen LogP contribution < -0.4 is 5.73 Å². The number of thioether (sulfide) groups is 2. The predicted molar refractivity (Wildman–Crippen MR) is 91.5 cm³/mol. The molecule has 1 aromatic heterocycles. The van der Waals surface area contributed by atoms with E-state index < -0.39 is 12.0 Å². The molecule has 8 nitrogen and oxygen atoms in total. The molecule has 1 saturated heterocycles. The molecule has 10 heteroatoms. The molecule has 130 valence electrons. The molecule has 3 rings (SSSR count). The Labute approximate surface area is 147 Å². The Morgan fingerprint density at radius 3 is 2.83 bits per heavy atom. The first-order valence-corrected chi connectivity index (χ1v) is 9.73. The number of hydrogen-bond acceptors (Lipinski definition) is 7. The van der Waals surface area contributed by atoms with Gasteiger partial charge in [-0.2, -0.15) is 0 Å². The van der Waals surface area contributed by atoms with E-state index in [-0.39, 0.29) is 17.0 Å². The molecule has 1 aromatic rings. The maximum Gasteiger partial charge on any atom is 0.352 e. The van der Waals surface area contributed by atoms with Crippen molar-refractivity contribution in [3.63, 3.8) is 0 Å². The molecule has 3 N–H and O–H groups in total. The molecule has 2 aliphatic heterocycles. The van der Waals surface area contributed by atoms with Crippen molar-refractivity contribution in [3.05, 3.63) is 17.1 Å². The zero-order valence-corrected chi connectivity index (χ0v) is 15.1. The number of hydrogen-bond donors (Lipinski definition) is 2. The average molecular weight is 369 g/mol. The van der Waals surface area contributed by atoms with Crippen molar-refractivity contribution in [1.29, 1.82) is 0 Å². The summed E-state index contributed by atoms with van der Waals surface area (Å²) in [7, 11) is 0. The summed E-state index contributed by atoms with van der Waals surface area (Å²) in [6.45, 7) is 4.81. The average Bonchev–Trinajstić information content (AvgIpc) is 2.99. The third kappa shape index (κ3) is 2.72. The fourth-order valence-corrected chi connectivity index (χ4v) is 5.30. The molecule has 0 saturated carbocycles. The number of amides is 1. The lowest BCUT2D eigenvalue weighted by Crippen LogP contribution is -2.68. The van der Waals surface area contributed by atoms with Crippen LogP contribution in [0.25, 0.3) is 0 Å². The molecule has 0 radical (unpaired) electrons. The van der Waals surface area contributed by atoms with E-state index in [1.807, 2.05) is 18.4 Å². The normalized spacial score (nSPS) is 23.3. The predicted octanol–water partition coefficient (Wildman–Crippen LogP) is 0.534. The minimum absolute atomic E-state index is 0.0798. The van der Waals surface area contributed by atoms with Crippen molar-refractivity contribution in [3.8, 4) is 0 Å². The molecular formula is C14H19N5O3S2. The molecule has 2 atom stereocenters. The minimum atomic E-state index is -1.08. The third-order valence-corrected chi connectivity index (χ3v) is 6.51. The van der Waals surface area contributed by atoms with Gasteiger partial charge in [-0.1, -0.05) is 18.7 Å². The van der Waals surface area contributed by atoms with Gasteiger partial charge in [0.2, 0.25) is 5.91 Å². The van der Waals surface area contributed by atoms with Crippen LogP contribution in [0.2, 0.25) is 0 Å². The lowest BCUT2D eigenvalue weighted by molar-refractivity contribution is -0.147. The number of aryl methyl sites for hydroxylation is 1. The Morgan fingerprint density at radius 1 is 1.46 bits per heavy atom. The topological polar surface area (TPSA) is 114 Å². The molecule has 1 fully saturated rings. The van der Waals surface area contributed by atoms with Crippen LogP contribution in [-0.4, -0.2) is 59.6 Å². The van der Waals surface area contributed by atoms with Gasteiger partial charge in [-0.05, 0) is 12.5 Å². The van der Waals surface area contributed by atoms with Gasteiger partial charge in [0.15, 0.2) is 5.16 Å². The van der Waals surface area contributed by atoms with Crippen LogP contribution in [0.4, 0.5) is 0 Å². The Bertz CT molecular complexity index is 717. The second-order valence-electron chi connectivity index (χ2n) is 5.48. The number of aliphatic carboxylic acids is 1. The first-order valence-electron chi connectivity index (χ1n) is 7.70. The van der Waals surface area contributed by atoms with Crippen LogP contribution in [0.15, 0.2) is 16.4 Å². The van der Waals surface area contributed by atoms with Gasteiger partial charge in [0.05, 0.1) is 0 Å². The van der Waals surface area contributed by atoms with Gasteiger partial charge in [-0.3, -0.25) is 9.69 Å². The maximum atomic E-state index is 11.9. The van der Waals surface area contributed by atoms with Crippen molar-refractivity contribution in [2.75, 3.05) is 11.5 Å². The van der Waals surface area contributed by atoms with E-state index in [4.69, 9.17) is 5.73 Å². The summed E-state index contributed by atoms with van der Waals surface area (Å²) in [5.74, 6) is 0.522. The molecule has 2 aliphatic rings. The van der Waals surface area contributed by atoms with Crippen LogP contribution in [-0.2, 0) is 22.6 Å². The van der Waals surface area contributed by atoms with Gasteiger partial charge in [-0.15, -0.1) is 22.0 Å². The number of carboxylic acids is 1. The Kier molecular flexibility index (Phi) is 4.88. The van der Waals surface area contributed by atoms with Crippen molar-refractivity contribution in [2.24, 2.45) is 5.73 Å². The number of nitrogens with two attached hydrogens (primary N) is 1. The second kappa shape index (κ2) is 6.77. The van der Waals surface area contributed by atoms with E-state index in [0.717, 1.165) is 29.5 Å². The van der Waals surface area contributed by atoms with Crippen LogP contribution in [0, 0.1) is 0 Å². The number of β-lactam (4-membered cyclic amide) rings is 1. The molecule has 0 spiro atoms. The lowest BCUT2D eigenvalue weighted by atomic mass is 10.0. The summed E-state index contributed by atoms with van der Waals surface area (Å²) in [6, 6.07) is -0.603. The molecule has 1 unspecified atom stereocenters. The third-order valence-electron chi connectivity index (χ3n) is 4.09. The Hall–Kier alpha value is -1.52.